The van der Waals surface area contributed by atoms with Crippen LogP contribution >= 0.6 is 0 Å². The van der Waals surface area contributed by atoms with Crippen molar-refractivity contribution in [3.63, 3.8) is 0 Å². The van der Waals surface area contributed by atoms with Crippen molar-refractivity contribution in [1.82, 2.24) is 5.53 Å². The number of fused-ring (bicyclic) bond motifs is 1. The van der Waals surface area contributed by atoms with Crippen molar-refractivity contribution in [1.29, 1.82) is 0 Å². The molecule has 0 unspecified atom stereocenters. The predicted molar refractivity (Wildman–Crippen MR) is 110 cm³/mol. The van der Waals surface area contributed by atoms with Crippen LogP contribution in [-0.2, 0) is 10.8 Å². The Kier molecular flexibility index (Phi) is 4.65. The highest BCUT2D eigenvalue weighted by atomic mass is 16.3. The number of nitrogens with one attached hydrogen (secondary N) is 2. The van der Waals surface area contributed by atoms with Gasteiger partial charge in [0, 0.05) is 5.56 Å². The van der Waals surface area contributed by atoms with Crippen LogP contribution in [0.5, 0.6) is 5.75 Å². The van der Waals surface area contributed by atoms with Crippen molar-refractivity contribution >= 4 is 17.1 Å². The van der Waals surface area contributed by atoms with Crippen LogP contribution in [0.3, 0.4) is 0 Å². The monoisotopic (exact) mass is 353 g/mol. The minimum atomic E-state index is -0.106. The van der Waals surface area contributed by atoms with Crippen LogP contribution in [0.15, 0.2) is 36.4 Å². The molecule has 4 heteroatoms. The Bertz CT molecular complexity index is 811. The summed E-state index contributed by atoms with van der Waals surface area (Å²) in [6, 6.07) is 12.4. The molecule has 0 aliphatic carbocycles. The Morgan fingerprint density at radius 3 is 2.23 bits per heavy atom. The number of benzene rings is 2. The van der Waals surface area contributed by atoms with Crippen molar-refractivity contribution in [3.8, 4) is 5.75 Å². The van der Waals surface area contributed by atoms with Gasteiger partial charge in [-0.2, -0.15) is 0 Å². The maximum atomic E-state index is 11.2. The summed E-state index contributed by atoms with van der Waals surface area (Å²) in [6.07, 6.45) is 1.99. The van der Waals surface area contributed by atoms with E-state index in [9.17, 15) is 5.11 Å². The Labute approximate surface area is 157 Å². The fraction of sp³-hybridized carbons (Fsp3) is 0.455. The van der Waals surface area contributed by atoms with Gasteiger partial charge in [-0.3, -0.25) is 5.01 Å². The van der Waals surface area contributed by atoms with Crippen LogP contribution in [0.4, 0.5) is 17.1 Å². The van der Waals surface area contributed by atoms with E-state index in [1.165, 1.54) is 5.56 Å². The van der Waals surface area contributed by atoms with Crippen molar-refractivity contribution < 1.29 is 5.11 Å². The highest BCUT2D eigenvalue weighted by Crippen LogP contribution is 2.46. The lowest BCUT2D eigenvalue weighted by atomic mass is 9.76. The van der Waals surface area contributed by atoms with Crippen molar-refractivity contribution in [2.45, 2.75) is 65.2 Å². The maximum Gasteiger partial charge on any atom is 0.144 e. The third kappa shape index (κ3) is 3.03. The molecule has 2 aromatic carbocycles. The molecule has 0 aromatic heterocycles. The summed E-state index contributed by atoms with van der Waals surface area (Å²) in [5, 5.41) is 13.1. The van der Waals surface area contributed by atoms with Gasteiger partial charge < -0.3 is 10.5 Å². The highest BCUT2D eigenvalue weighted by molar-refractivity contribution is 5.82. The van der Waals surface area contributed by atoms with Gasteiger partial charge in [-0.25, -0.2) is 0 Å². The van der Waals surface area contributed by atoms with E-state index >= 15 is 0 Å². The summed E-state index contributed by atoms with van der Waals surface area (Å²) in [7, 11) is 0. The Morgan fingerprint density at radius 2 is 1.58 bits per heavy atom. The number of anilines is 3. The van der Waals surface area contributed by atoms with Crippen LogP contribution < -0.4 is 16.0 Å². The average Bonchev–Trinajstić information content (AvgIpc) is 3.05. The second-order valence-electron chi connectivity index (χ2n) is 8.46. The molecule has 3 rings (SSSR count). The average molecular weight is 354 g/mol. The molecule has 0 fully saturated rings. The molecule has 1 aliphatic rings. The molecule has 0 spiro atoms. The smallest absolute Gasteiger partial charge is 0.144 e. The molecular formula is C22H31N3O. The van der Waals surface area contributed by atoms with E-state index in [4.69, 9.17) is 0 Å². The van der Waals surface area contributed by atoms with Crippen LogP contribution in [-0.4, -0.2) is 5.11 Å². The summed E-state index contributed by atoms with van der Waals surface area (Å²) in [4.78, 5) is 0. The lowest BCUT2D eigenvalue weighted by molar-refractivity contribution is 0.424. The zero-order valence-corrected chi connectivity index (χ0v) is 16.8. The summed E-state index contributed by atoms with van der Waals surface area (Å²) in [5.41, 5.74) is 11.4. The zero-order chi connectivity index (χ0) is 19.1. The second kappa shape index (κ2) is 6.51. The van der Waals surface area contributed by atoms with Crippen LogP contribution in [0, 0.1) is 0 Å². The van der Waals surface area contributed by atoms with Crippen molar-refractivity contribution in [2.24, 2.45) is 0 Å². The number of hydrogen-bond acceptors (Lipinski definition) is 4. The summed E-state index contributed by atoms with van der Waals surface area (Å²) in [5.74, 6) is 0.346. The van der Waals surface area contributed by atoms with Crippen LogP contribution in [0.25, 0.3) is 0 Å². The molecule has 3 N–H and O–H groups in total. The van der Waals surface area contributed by atoms with Crippen molar-refractivity contribution in [2.75, 3.05) is 10.4 Å². The molecular weight excluding hydrogens is 322 g/mol. The number of rotatable bonds is 5. The third-order valence-electron chi connectivity index (χ3n) is 6.06. The number of aromatic hydroxyl groups is 1. The quantitative estimate of drug-likeness (QED) is 0.640. The van der Waals surface area contributed by atoms with E-state index in [1.54, 1.807) is 0 Å². The zero-order valence-electron chi connectivity index (χ0n) is 16.8. The van der Waals surface area contributed by atoms with Gasteiger partial charge in [-0.1, -0.05) is 59.7 Å². The fourth-order valence-corrected chi connectivity index (χ4v) is 3.23. The molecule has 2 aromatic rings. The molecule has 1 aliphatic heterocycles. The molecule has 0 saturated carbocycles. The molecule has 0 amide bonds. The molecule has 0 radical (unpaired) electrons. The molecule has 26 heavy (non-hydrogen) atoms. The molecule has 140 valence electrons. The predicted octanol–water partition coefficient (Wildman–Crippen LogP) is 5.75. The van der Waals surface area contributed by atoms with Crippen LogP contribution in [0.2, 0.25) is 0 Å². The molecule has 0 atom stereocenters. The number of nitrogens with zero attached hydrogens (tertiary/aromatic N) is 1. The Hall–Kier alpha value is -2.20. The van der Waals surface area contributed by atoms with Gasteiger partial charge in [0.05, 0.1) is 11.4 Å². The van der Waals surface area contributed by atoms with E-state index in [-0.39, 0.29) is 10.8 Å². The normalized spacial score (nSPS) is 14.3. The van der Waals surface area contributed by atoms with Gasteiger partial charge in [0.25, 0.3) is 0 Å². The van der Waals surface area contributed by atoms with E-state index in [0.717, 1.165) is 35.5 Å². The van der Waals surface area contributed by atoms with Gasteiger partial charge in [-0.05, 0) is 47.4 Å². The molecule has 0 saturated heterocycles. The molecule has 1 heterocycles. The van der Waals surface area contributed by atoms with Gasteiger partial charge >= 0.3 is 0 Å². The first-order chi connectivity index (χ1) is 12.2. The van der Waals surface area contributed by atoms with E-state index in [2.05, 4.69) is 64.6 Å². The molecule has 4 nitrogen and oxygen atoms in total. The Morgan fingerprint density at radius 1 is 0.923 bits per heavy atom. The highest BCUT2D eigenvalue weighted by Gasteiger charge is 2.31. The SMILES string of the molecule is CCC(C)(C)c1cc(N2NNc3ccccc32)c(O)c(C(C)(C)CC)c1. The number of hydrogen-bond donors (Lipinski definition) is 3. The van der Waals surface area contributed by atoms with E-state index < -0.39 is 0 Å². The van der Waals surface area contributed by atoms with Gasteiger partial charge in [0.15, 0.2) is 0 Å². The first kappa shape index (κ1) is 18.6. The standard InChI is InChI=1S/C22H31N3O/c1-7-21(3,4)15-13-16(22(5,6)8-2)20(26)19(14-15)25-18-12-10-9-11-17(18)23-24-25/h9-14,23-24,26H,7-8H2,1-6H3. The van der Waals surface area contributed by atoms with E-state index in [1.807, 2.05) is 29.3 Å². The lowest BCUT2D eigenvalue weighted by Gasteiger charge is -2.32. The van der Waals surface area contributed by atoms with Gasteiger partial charge in [0.1, 0.15) is 11.4 Å². The minimum absolute atomic E-state index is 0.0354. The molecule has 0 bridgehead atoms. The second-order valence-corrected chi connectivity index (χ2v) is 8.46. The summed E-state index contributed by atoms with van der Waals surface area (Å²) >= 11 is 0. The Balaban J connectivity index is 2.22. The first-order valence-corrected chi connectivity index (χ1v) is 9.50. The van der Waals surface area contributed by atoms with Crippen LogP contribution in [0.1, 0.15) is 65.5 Å². The fourth-order valence-electron chi connectivity index (χ4n) is 3.23. The summed E-state index contributed by atoms with van der Waals surface area (Å²) in [6.45, 7) is 13.3. The topological polar surface area (TPSA) is 47.5 Å². The van der Waals surface area contributed by atoms with Gasteiger partial charge in [-0.15, -0.1) is 5.53 Å². The number of phenolic OH excluding ortho intramolecular Hbond substituents is 1. The largest absolute Gasteiger partial charge is 0.505 e. The number of phenols is 1. The number of hydrazine groups is 2. The number of para-hydroxylation sites is 2. The first-order valence-electron chi connectivity index (χ1n) is 9.50. The lowest BCUT2D eigenvalue weighted by Crippen LogP contribution is -2.32. The van der Waals surface area contributed by atoms with E-state index in [0.29, 0.717) is 5.75 Å². The van der Waals surface area contributed by atoms with Crippen molar-refractivity contribution in [3.05, 3.63) is 47.5 Å². The minimum Gasteiger partial charge on any atom is -0.505 e. The third-order valence-corrected chi connectivity index (χ3v) is 6.06. The summed E-state index contributed by atoms with van der Waals surface area (Å²) < 4.78 is 0. The maximum absolute atomic E-state index is 11.2. The van der Waals surface area contributed by atoms with Gasteiger partial charge in [0.2, 0.25) is 0 Å².